The highest BCUT2D eigenvalue weighted by molar-refractivity contribution is 5.66. The molecule has 0 unspecified atom stereocenters. The van der Waals surface area contributed by atoms with Crippen molar-refractivity contribution >= 4 is 5.97 Å². The fourth-order valence-corrected chi connectivity index (χ4v) is 2.94. The second-order valence-electron chi connectivity index (χ2n) is 5.44. The average molecular weight is 212 g/mol. The van der Waals surface area contributed by atoms with Crippen molar-refractivity contribution < 1.29 is 14.3 Å². The summed E-state index contributed by atoms with van der Waals surface area (Å²) in [6, 6.07) is 0. The molecule has 0 amide bonds. The van der Waals surface area contributed by atoms with Gasteiger partial charge in [0.1, 0.15) is 11.7 Å². The second kappa shape index (κ2) is 3.21. The molecule has 2 fully saturated rings. The zero-order chi connectivity index (χ0) is 11.3. The minimum absolute atomic E-state index is 0.0468. The van der Waals surface area contributed by atoms with Crippen LogP contribution in [0.2, 0.25) is 0 Å². The van der Waals surface area contributed by atoms with Gasteiger partial charge in [-0.05, 0) is 25.7 Å². The lowest BCUT2D eigenvalue weighted by Crippen LogP contribution is -2.39. The molecule has 0 saturated carbocycles. The van der Waals surface area contributed by atoms with Gasteiger partial charge in [0.2, 0.25) is 0 Å². The third-order valence-corrected chi connectivity index (χ3v) is 4.05. The van der Waals surface area contributed by atoms with E-state index in [4.69, 9.17) is 9.47 Å². The first-order chi connectivity index (χ1) is 6.88. The predicted octanol–water partition coefficient (Wildman–Crippen LogP) is 2.29. The van der Waals surface area contributed by atoms with E-state index in [1.54, 1.807) is 0 Å². The molecule has 2 bridgehead atoms. The van der Waals surface area contributed by atoms with Crippen LogP contribution >= 0.6 is 0 Å². The molecular weight excluding hydrogens is 192 g/mol. The molecule has 0 N–H and O–H groups in total. The van der Waals surface area contributed by atoms with Crippen LogP contribution in [0.4, 0.5) is 0 Å². The number of fused-ring (bicyclic) bond motifs is 2. The third kappa shape index (κ3) is 1.57. The van der Waals surface area contributed by atoms with Gasteiger partial charge >= 0.3 is 5.97 Å². The molecule has 0 aliphatic carbocycles. The molecule has 2 rings (SSSR count). The maximum absolute atomic E-state index is 11.0. The van der Waals surface area contributed by atoms with E-state index in [2.05, 4.69) is 20.8 Å². The second-order valence-corrected chi connectivity index (χ2v) is 5.44. The smallest absolute Gasteiger partial charge is 0.303 e. The highest BCUT2D eigenvalue weighted by atomic mass is 16.6. The lowest BCUT2D eigenvalue weighted by Gasteiger charge is -2.31. The zero-order valence-corrected chi connectivity index (χ0v) is 10.0. The molecule has 0 radical (unpaired) electrons. The standard InChI is InChI=1S/C12H20O3/c1-8(2)12-6-5-11(4,15-12)10(7-12)14-9(3)13/h8,10H,5-7H2,1-4H3/t10-,11+,12-/m1/s1. The van der Waals surface area contributed by atoms with Crippen molar-refractivity contribution in [3.8, 4) is 0 Å². The maximum atomic E-state index is 11.0. The van der Waals surface area contributed by atoms with Crippen molar-refractivity contribution in [2.45, 2.75) is 64.3 Å². The topological polar surface area (TPSA) is 35.5 Å². The normalized spacial score (nSPS) is 43.7. The number of carbonyl (C=O) groups is 1. The minimum atomic E-state index is -0.240. The molecule has 2 aliphatic rings. The van der Waals surface area contributed by atoms with E-state index in [-0.39, 0.29) is 23.3 Å². The molecule has 3 nitrogen and oxygen atoms in total. The van der Waals surface area contributed by atoms with Crippen molar-refractivity contribution in [1.29, 1.82) is 0 Å². The van der Waals surface area contributed by atoms with Gasteiger partial charge in [-0.25, -0.2) is 0 Å². The van der Waals surface area contributed by atoms with E-state index < -0.39 is 0 Å². The zero-order valence-electron chi connectivity index (χ0n) is 10.0. The van der Waals surface area contributed by atoms with E-state index in [0.29, 0.717) is 5.92 Å². The molecule has 15 heavy (non-hydrogen) atoms. The van der Waals surface area contributed by atoms with Gasteiger partial charge < -0.3 is 9.47 Å². The fraction of sp³-hybridized carbons (Fsp3) is 0.917. The summed E-state index contributed by atoms with van der Waals surface area (Å²) in [6.07, 6.45) is 2.91. The first kappa shape index (κ1) is 10.9. The van der Waals surface area contributed by atoms with Crippen LogP contribution in [0, 0.1) is 5.92 Å². The number of hydrogen-bond acceptors (Lipinski definition) is 3. The van der Waals surface area contributed by atoms with Gasteiger partial charge in [-0.1, -0.05) is 13.8 Å². The van der Waals surface area contributed by atoms with Crippen LogP contribution in [-0.4, -0.2) is 23.3 Å². The molecule has 3 heteroatoms. The van der Waals surface area contributed by atoms with E-state index in [1.807, 2.05) is 0 Å². The number of esters is 1. The van der Waals surface area contributed by atoms with Crippen molar-refractivity contribution in [3.05, 3.63) is 0 Å². The Labute approximate surface area is 91.1 Å². The Kier molecular flexibility index (Phi) is 2.34. The van der Waals surface area contributed by atoms with E-state index >= 15 is 0 Å². The molecule has 3 atom stereocenters. The van der Waals surface area contributed by atoms with Crippen LogP contribution in [0.3, 0.4) is 0 Å². The van der Waals surface area contributed by atoms with Crippen LogP contribution in [0.5, 0.6) is 0 Å². The van der Waals surface area contributed by atoms with Gasteiger partial charge in [0.05, 0.1) is 5.60 Å². The molecular formula is C12H20O3. The van der Waals surface area contributed by atoms with Gasteiger partial charge in [-0.2, -0.15) is 0 Å². The Morgan fingerprint density at radius 1 is 1.47 bits per heavy atom. The first-order valence-corrected chi connectivity index (χ1v) is 5.75. The Morgan fingerprint density at radius 3 is 2.60 bits per heavy atom. The highest BCUT2D eigenvalue weighted by Crippen LogP contribution is 2.54. The minimum Gasteiger partial charge on any atom is -0.459 e. The monoisotopic (exact) mass is 212 g/mol. The number of hydrogen-bond donors (Lipinski definition) is 0. The Balaban J connectivity index is 2.17. The van der Waals surface area contributed by atoms with Gasteiger partial charge in [0, 0.05) is 13.3 Å². The van der Waals surface area contributed by atoms with Crippen LogP contribution < -0.4 is 0 Å². The molecule has 0 aromatic rings. The maximum Gasteiger partial charge on any atom is 0.303 e. The molecule has 2 aliphatic heterocycles. The average Bonchev–Trinajstić information content (AvgIpc) is 2.56. The summed E-state index contributed by atoms with van der Waals surface area (Å²) in [5, 5.41) is 0. The molecule has 0 spiro atoms. The predicted molar refractivity (Wildman–Crippen MR) is 56.5 cm³/mol. The quantitative estimate of drug-likeness (QED) is 0.659. The summed E-state index contributed by atoms with van der Waals surface area (Å²) in [7, 11) is 0. The Bertz CT molecular complexity index is 287. The van der Waals surface area contributed by atoms with Gasteiger partial charge in [0.15, 0.2) is 0 Å². The van der Waals surface area contributed by atoms with E-state index in [1.165, 1.54) is 6.92 Å². The van der Waals surface area contributed by atoms with Crippen molar-refractivity contribution in [2.75, 3.05) is 0 Å². The molecule has 2 heterocycles. The lowest BCUT2D eigenvalue weighted by molar-refractivity contribution is -0.154. The summed E-state index contributed by atoms with van der Waals surface area (Å²) >= 11 is 0. The summed E-state index contributed by atoms with van der Waals surface area (Å²) in [6.45, 7) is 7.90. The van der Waals surface area contributed by atoms with Crippen molar-refractivity contribution in [3.63, 3.8) is 0 Å². The summed E-state index contributed by atoms with van der Waals surface area (Å²) in [4.78, 5) is 11.0. The third-order valence-electron chi connectivity index (χ3n) is 4.05. The number of ether oxygens (including phenoxy) is 2. The Hall–Kier alpha value is -0.570. The van der Waals surface area contributed by atoms with Crippen molar-refractivity contribution in [1.82, 2.24) is 0 Å². The molecule has 86 valence electrons. The van der Waals surface area contributed by atoms with Gasteiger partial charge in [-0.15, -0.1) is 0 Å². The molecule has 0 aromatic carbocycles. The summed E-state index contributed by atoms with van der Waals surface area (Å²) < 4.78 is 11.5. The fourth-order valence-electron chi connectivity index (χ4n) is 2.94. The van der Waals surface area contributed by atoms with Crippen LogP contribution in [0.1, 0.15) is 47.0 Å². The SMILES string of the molecule is CC(=O)O[C@@H]1C[C@@]2(C(C)C)CC[C@]1(C)O2. The van der Waals surface area contributed by atoms with Crippen LogP contribution in [0.15, 0.2) is 0 Å². The highest BCUT2D eigenvalue weighted by Gasteiger charge is 2.61. The summed E-state index contributed by atoms with van der Waals surface area (Å²) in [5.74, 6) is 0.288. The molecule has 2 saturated heterocycles. The van der Waals surface area contributed by atoms with Gasteiger partial charge in [0.25, 0.3) is 0 Å². The first-order valence-electron chi connectivity index (χ1n) is 5.75. The largest absolute Gasteiger partial charge is 0.459 e. The van der Waals surface area contributed by atoms with Crippen LogP contribution in [-0.2, 0) is 14.3 Å². The van der Waals surface area contributed by atoms with Crippen molar-refractivity contribution in [2.24, 2.45) is 5.92 Å². The Morgan fingerprint density at radius 2 is 2.13 bits per heavy atom. The van der Waals surface area contributed by atoms with E-state index in [0.717, 1.165) is 19.3 Å². The van der Waals surface area contributed by atoms with E-state index in [9.17, 15) is 4.79 Å². The number of carbonyl (C=O) groups excluding carboxylic acids is 1. The number of rotatable bonds is 2. The van der Waals surface area contributed by atoms with Crippen LogP contribution in [0.25, 0.3) is 0 Å². The molecule has 0 aromatic heterocycles. The lowest BCUT2D eigenvalue weighted by atomic mass is 9.75. The van der Waals surface area contributed by atoms with Gasteiger partial charge in [-0.3, -0.25) is 4.79 Å². The summed E-state index contributed by atoms with van der Waals surface area (Å²) in [5.41, 5.74) is -0.287.